The number of nitrogens with zero attached hydrogens (tertiary/aromatic N) is 8. The van der Waals surface area contributed by atoms with E-state index in [1.807, 2.05) is 0 Å². The second kappa shape index (κ2) is 8.44. The van der Waals surface area contributed by atoms with E-state index >= 15 is 0 Å². The van der Waals surface area contributed by atoms with Gasteiger partial charge in [0.05, 0.1) is 46.0 Å². The van der Waals surface area contributed by atoms with E-state index in [1.54, 1.807) is 0 Å². The Morgan fingerprint density at radius 2 is 1.58 bits per heavy atom. The summed E-state index contributed by atoms with van der Waals surface area (Å²) in [6.07, 6.45) is -5.58. The van der Waals surface area contributed by atoms with Gasteiger partial charge in [0, 0.05) is 18.8 Å². The lowest BCUT2D eigenvalue weighted by atomic mass is 10.2. The summed E-state index contributed by atoms with van der Waals surface area (Å²) < 4.78 is 107. The number of fused-ring (bicyclic) bond motifs is 2. The van der Waals surface area contributed by atoms with Crippen LogP contribution in [0.5, 0.6) is 0 Å². The van der Waals surface area contributed by atoms with Crippen LogP contribution in [0.2, 0.25) is 0 Å². The van der Waals surface area contributed by atoms with E-state index in [2.05, 4.69) is 30.0 Å². The topological polar surface area (TPSA) is 121 Å². The molecule has 0 aromatic carbocycles. The molecule has 5 aromatic heterocycles. The van der Waals surface area contributed by atoms with Crippen molar-refractivity contribution in [2.75, 3.05) is 5.75 Å². The van der Waals surface area contributed by atoms with Crippen molar-refractivity contribution in [3.05, 3.63) is 48.3 Å². The van der Waals surface area contributed by atoms with Crippen molar-refractivity contribution in [2.45, 2.75) is 24.2 Å². The second-order valence-corrected chi connectivity index (χ2v) is 10.3. The first-order valence-corrected chi connectivity index (χ1v) is 12.3. The lowest BCUT2D eigenvalue weighted by Crippen LogP contribution is -2.11. The molecule has 10 nitrogen and oxygen atoms in total. The van der Waals surface area contributed by atoms with Crippen molar-refractivity contribution < 1.29 is 34.8 Å². The number of halogens is 6. The normalized spacial score (nSPS) is 13.1. The number of hydrogen-bond donors (Lipinski definition) is 0. The Kier molecular flexibility index (Phi) is 5.66. The zero-order chi connectivity index (χ0) is 27.6. The maximum Gasteiger partial charge on any atom is 0.435 e. The molecule has 17 heteroatoms. The molecule has 0 unspecified atom stereocenters. The van der Waals surface area contributed by atoms with Crippen molar-refractivity contribution in [1.29, 1.82) is 0 Å². The maximum atomic E-state index is 13.1. The third kappa shape index (κ3) is 4.21. The molecule has 0 saturated heterocycles. The van der Waals surface area contributed by atoms with Gasteiger partial charge in [-0.1, -0.05) is 6.92 Å². The second-order valence-electron chi connectivity index (χ2n) is 8.02. The summed E-state index contributed by atoms with van der Waals surface area (Å²) in [4.78, 5) is 18.8. The van der Waals surface area contributed by atoms with E-state index in [-0.39, 0.29) is 50.2 Å². The van der Waals surface area contributed by atoms with Gasteiger partial charge in [-0.15, -0.1) is 0 Å². The predicted octanol–water partition coefficient (Wildman–Crippen LogP) is 3.97. The Morgan fingerprint density at radius 3 is 2.24 bits per heavy atom. The molecule has 0 aliphatic carbocycles. The molecule has 0 radical (unpaired) electrons. The van der Waals surface area contributed by atoms with Crippen LogP contribution in [0.4, 0.5) is 26.3 Å². The molecule has 0 atom stereocenters. The highest BCUT2D eigenvalue weighted by atomic mass is 32.2. The first-order valence-electron chi connectivity index (χ1n) is 10.6. The van der Waals surface area contributed by atoms with E-state index < -0.39 is 33.6 Å². The number of pyridine rings is 2. The Labute approximate surface area is 208 Å². The number of sulfone groups is 1. The van der Waals surface area contributed by atoms with Gasteiger partial charge in [0.25, 0.3) is 5.78 Å². The highest BCUT2D eigenvalue weighted by Crippen LogP contribution is 2.34. The fourth-order valence-corrected chi connectivity index (χ4v) is 4.77. The van der Waals surface area contributed by atoms with Gasteiger partial charge in [-0.2, -0.15) is 36.0 Å². The average molecular weight is 556 g/mol. The molecule has 0 spiro atoms. The van der Waals surface area contributed by atoms with Crippen molar-refractivity contribution in [3.63, 3.8) is 0 Å². The summed E-state index contributed by atoms with van der Waals surface area (Å²) in [5, 5.41) is 3.73. The Morgan fingerprint density at radius 1 is 0.868 bits per heavy atom. The Bertz CT molecular complexity index is 1830. The van der Waals surface area contributed by atoms with E-state index in [0.29, 0.717) is 6.20 Å². The van der Waals surface area contributed by atoms with Crippen LogP contribution in [0.15, 0.2) is 41.8 Å². The van der Waals surface area contributed by atoms with Gasteiger partial charge in [0.2, 0.25) is 0 Å². The predicted molar refractivity (Wildman–Crippen MR) is 119 cm³/mol. The molecule has 198 valence electrons. The smallest absolute Gasteiger partial charge is 0.324 e. The number of alkyl halides is 6. The van der Waals surface area contributed by atoms with Gasteiger partial charge >= 0.3 is 12.4 Å². The summed E-state index contributed by atoms with van der Waals surface area (Å²) in [5.41, 5.74) is -2.18. The van der Waals surface area contributed by atoms with Crippen molar-refractivity contribution >= 4 is 26.6 Å². The molecule has 38 heavy (non-hydrogen) atoms. The van der Waals surface area contributed by atoms with Crippen molar-refractivity contribution in [1.82, 2.24) is 39.1 Å². The lowest BCUT2D eigenvalue weighted by molar-refractivity contribution is -0.142. The first kappa shape index (κ1) is 25.5. The first-order chi connectivity index (χ1) is 17.7. The fraction of sp³-hybridized carbons (Fsp3) is 0.238. The number of aryl methyl sites for hydroxylation is 1. The quantitative estimate of drug-likeness (QED) is 0.305. The molecule has 0 N–H and O–H groups in total. The minimum Gasteiger partial charge on any atom is -0.324 e. The van der Waals surface area contributed by atoms with Crippen LogP contribution in [0, 0.1) is 0 Å². The van der Waals surface area contributed by atoms with Crippen molar-refractivity contribution in [3.8, 4) is 22.8 Å². The summed E-state index contributed by atoms with van der Waals surface area (Å²) in [5.74, 6) is -0.758. The van der Waals surface area contributed by atoms with Gasteiger partial charge in [-0.25, -0.2) is 28.4 Å². The lowest BCUT2D eigenvalue weighted by Gasteiger charge is -2.11. The molecule has 5 rings (SSSR count). The van der Waals surface area contributed by atoms with Gasteiger partial charge in [-0.05, 0) is 12.1 Å². The van der Waals surface area contributed by atoms with Crippen LogP contribution in [-0.4, -0.2) is 53.3 Å². The molecular formula is C21H14F6N8O2S. The van der Waals surface area contributed by atoms with E-state index in [4.69, 9.17) is 0 Å². The molecule has 0 aliphatic heterocycles. The standard InChI is InChI=1S/C21H14F6N8O2S/c1-3-38(36,37)14-4-10(12-7-30-19-33-16(21(25,26)27)9-31-35(12)19)6-29-17(14)18-32-11-5-15(20(22,23)24)28-8-13(11)34(18)2/h4-9H,3H2,1-2H3. The van der Waals surface area contributed by atoms with Gasteiger partial charge < -0.3 is 4.57 Å². The molecule has 0 bridgehead atoms. The van der Waals surface area contributed by atoms with Gasteiger partial charge in [0.1, 0.15) is 11.4 Å². The third-order valence-electron chi connectivity index (χ3n) is 5.66. The van der Waals surface area contributed by atoms with Crippen LogP contribution < -0.4 is 0 Å². The average Bonchev–Trinajstić information content (AvgIpc) is 3.43. The van der Waals surface area contributed by atoms with Gasteiger partial charge in [-0.3, -0.25) is 4.98 Å². The van der Waals surface area contributed by atoms with Crippen LogP contribution in [0.1, 0.15) is 18.3 Å². The molecular weight excluding hydrogens is 542 g/mol. The summed E-state index contributed by atoms with van der Waals surface area (Å²) in [7, 11) is -2.51. The Hall–Kier alpha value is -4.15. The molecule has 0 fully saturated rings. The zero-order valence-corrected chi connectivity index (χ0v) is 20.1. The van der Waals surface area contributed by atoms with E-state index in [0.717, 1.165) is 23.0 Å². The molecule has 5 heterocycles. The largest absolute Gasteiger partial charge is 0.435 e. The monoisotopic (exact) mass is 556 g/mol. The summed E-state index contributed by atoms with van der Waals surface area (Å²) >= 11 is 0. The summed E-state index contributed by atoms with van der Waals surface area (Å²) in [6.45, 7) is 1.39. The van der Waals surface area contributed by atoms with E-state index in [9.17, 15) is 34.8 Å². The number of rotatable bonds is 4. The fourth-order valence-electron chi connectivity index (χ4n) is 3.71. The highest BCUT2D eigenvalue weighted by molar-refractivity contribution is 7.91. The van der Waals surface area contributed by atoms with E-state index in [1.165, 1.54) is 30.8 Å². The van der Waals surface area contributed by atoms with Gasteiger partial charge in [0.15, 0.2) is 21.4 Å². The third-order valence-corrected chi connectivity index (χ3v) is 7.40. The minimum absolute atomic E-state index is 0.0348. The summed E-state index contributed by atoms with van der Waals surface area (Å²) in [6, 6.07) is 1.97. The van der Waals surface area contributed by atoms with Crippen LogP contribution >= 0.6 is 0 Å². The Balaban J connectivity index is 1.69. The maximum absolute atomic E-state index is 13.1. The van der Waals surface area contributed by atoms with Crippen LogP contribution in [-0.2, 0) is 29.2 Å². The zero-order valence-electron chi connectivity index (χ0n) is 19.2. The number of imidazole rings is 2. The number of aromatic nitrogens is 8. The molecule has 0 amide bonds. The molecule has 0 saturated carbocycles. The number of hydrogen-bond acceptors (Lipinski definition) is 8. The molecule has 5 aromatic rings. The SMILES string of the molecule is CCS(=O)(=O)c1cc(-c2cnc3nc(C(F)(F)F)cnn23)cnc1-c1nc2cc(C(F)(F)F)ncc2n1C. The minimum atomic E-state index is -4.74. The van der Waals surface area contributed by atoms with Crippen LogP contribution in [0.25, 0.3) is 39.6 Å². The van der Waals surface area contributed by atoms with Crippen molar-refractivity contribution in [2.24, 2.45) is 7.05 Å². The molecule has 0 aliphatic rings. The van der Waals surface area contributed by atoms with Crippen LogP contribution in [0.3, 0.4) is 0 Å². The highest BCUT2D eigenvalue weighted by Gasteiger charge is 2.35.